The first-order valence-corrected chi connectivity index (χ1v) is 14.6. The van der Waals surface area contributed by atoms with Crippen LogP contribution in [0.3, 0.4) is 0 Å². The molecule has 2 N–H and O–H groups in total. The number of aromatic nitrogens is 5. The topological polar surface area (TPSA) is 124 Å². The molecule has 0 spiro atoms. The average molecular weight is 583 g/mol. The molecule has 1 aliphatic rings. The molecule has 0 radical (unpaired) electrons. The third kappa shape index (κ3) is 6.04. The number of aliphatic hydroxyl groups is 1. The normalized spacial score (nSPS) is 20.5. The second-order valence-electron chi connectivity index (χ2n) is 10.2. The van der Waals surface area contributed by atoms with Crippen LogP contribution in [0.15, 0.2) is 90.5 Å². The minimum Gasteiger partial charge on any atom is -0.392 e. The molecule has 42 heavy (non-hydrogen) atoms. The molecule has 0 bridgehead atoms. The van der Waals surface area contributed by atoms with Gasteiger partial charge in [-0.3, -0.25) is 9.78 Å². The number of para-hydroxylation sites is 2. The lowest BCUT2D eigenvalue weighted by Crippen LogP contribution is -2.38. The van der Waals surface area contributed by atoms with E-state index in [0.717, 1.165) is 27.4 Å². The molecule has 0 unspecified atom stereocenters. The van der Waals surface area contributed by atoms with Gasteiger partial charge in [0.1, 0.15) is 12.0 Å². The van der Waals surface area contributed by atoms with E-state index in [2.05, 4.69) is 32.4 Å². The highest BCUT2D eigenvalue weighted by atomic mass is 32.2. The van der Waals surface area contributed by atoms with Crippen LogP contribution in [-0.4, -0.2) is 47.6 Å². The van der Waals surface area contributed by atoms with E-state index in [-0.39, 0.29) is 36.3 Å². The Labute approximate surface area is 247 Å². The van der Waals surface area contributed by atoms with Crippen LogP contribution < -0.4 is 5.32 Å². The maximum absolute atomic E-state index is 12.9. The zero-order chi connectivity index (χ0) is 29.1. The van der Waals surface area contributed by atoms with Crippen molar-refractivity contribution in [1.29, 1.82) is 0 Å². The van der Waals surface area contributed by atoms with E-state index in [1.807, 2.05) is 84.4 Å². The summed E-state index contributed by atoms with van der Waals surface area (Å²) in [5, 5.41) is 21.4. The molecule has 2 aromatic heterocycles. The number of carbonyl (C=O) groups excluding carboxylic acids is 1. The van der Waals surface area contributed by atoms with Crippen LogP contribution in [0.1, 0.15) is 46.5 Å². The van der Waals surface area contributed by atoms with Crippen LogP contribution in [0, 0.1) is 5.92 Å². The minimum absolute atomic E-state index is 0.0135. The van der Waals surface area contributed by atoms with Crippen LogP contribution >= 0.6 is 11.8 Å². The van der Waals surface area contributed by atoms with Gasteiger partial charge in [-0.2, -0.15) is 0 Å². The average Bonchev–Trinajstić information content (AvgIpc) is 3.45. The number of benzene rings is 3. The van der Waals surface area contributed by atoms with Gasteiger partial charge in [-0.15, -0.1) is 10.2 Å². The number of nitrogens with zero attached hydrogens (tertiary/aromatic N) is 5. The van der Waals surface area contributed by atoms with Crippen LogP contribution in [0.2, 0.25) is 0 Å². The summed E-state index contributed by atoms with van der Waals surface area (Å²) in [6.45, 7) is 2.11. The molecule has 4 atom stereocenters. The molecule has 0 aliphatic carbocycles. The van der Waals surface area contributed by atoms with Gasteiger partial charge < -0.3 is 24.5 Å². The maximum Gasteiger partial charge on any atom is 0.275 e. The van der Waals surface area contributed by atoms with Crippen molar-refractivity contribution in [3.05, 3.63) is 108 Å². The van der Waals surface area contributed by atoms with Crippen molar-refractivity contribution in [2.75, 3.05) is 11.1 Å². The van der Waals surface area contributed by atoms with Gasteiger partial charge in [-0.1, -0.05) is 67.2 Å². The van der Waals surface area contributed by atoms with E-state index in [1.165, 1.54) is 6.20 Å². The van der Waals surface area contributed by atoms with E-state index in [1.54, 1.807) is 18.1 Å². The third-order valence-electron chi connectivity index (χ3n) is 7.29. The number of hydrogen-bond acceptors (Lipinski definition) is 9. The standard InChI is InChI=1S/C31H30N6O4S/c1-19-27(17-42-31-36-33-18-37(31)2)40-30(41-28(19)21-9-7-20(16-38)8-10-21)22-11-13-23(14-12-22)34-29(39)26-15-32-24-5-3-4-6-25(24)35-26/h3-15,18-19,27-28,30,38H,16-17H2,1-2H3,(H,34,39)/t19-,27+,28+,30+/m1/s1. The Morgan fingerprint density at radius 3 is 2.45 bits per heavy atom. The molecule has 5 aromatic rings. The Bertz CT molecular complexity index is 1680. The quantitative estimate of drug-likeness (QED) is 0.241. The van der Waals surface area contributed by atoms with E-state index in [0.29, 0.717) is 17.0 Å². The summed E-state index contributed by atoms with van der Waals surface area (Å²) in [5.41, 5.74) is 4.94. The Balaban J connectivity index is 1.19. The molecule has 10 nitrogen and oxygen atoms in total. The fraction of sp³-hybridized carbons (Fsp3) is 0.258. The van der Waals surface area contributed by atoms with Crippen LogP contribution in [0.4, 0.5) is 5.69 Å². The molecule has 1 fully saturated rings. The highest BCUT2D eigenvalue weighted by Gasteiger charge is 2.38. The minimum atomic E-state index is -0.620. The van der Waals surface area contributed by atoms with Crippen molar-refractivity contribution >= 4 is 34.4 Å². The summed E-state index contributed by atoms with van der Waals surface area (Å²) < 4.78 is 14.9. The Morgan fingerprint density at radius 1 is 1.00 bits per heavy atom. The Morgan fingerprint density at radius 2 is 1.74 bits per heavy atom. The van der Waals surface area contributed by atoms with Crippen molar-refractivity contribution in [2.24, 2.45) is 13.0 Å². The van der Waals surface area contributed by atoms with E-state index < -0.39 is 6.29 Å². The number of rotatable bonds is 8. The molecule has 1 aliphatic heterocycles. The van der Waals surface area contributed by atoms with Crippen LogP contribution in [0.25, 0.3) is 11.0 Å². The second-order valence-corrected chi connectivity index (χ2v) is 11.2. The first-order chi connectivity index (χ1) is 20.5. The van der Waals surface area contributed by atoms with Gasteiger partial charge in [0.15, 0.2) is 11.4 Å². The van der Waals surface area contributed by atoms with Crippen molar-refractivity contribution in [1.82, 2.24) is 24.7 Å². The first-order valence-electron chi connectivity index (χ1n) is 13.6. The van der Waals surface area contributed by atoms with Gasteiger partial charge >= 0.3 is 0 Å². The van der Waals surface area contributed by atoms with Crippen LogP contribution in [-0.2, 0) is 23.1 Å². The number of nitrogens with one attached hydrogen (secondary N) is 1. The Hall–Kier alpha value is -4.16. The second kappa shape index (κ2) is 12.4. The zero-order valence-electron chi connectivity index (χ0n) is 23.1. The van der Waals surface area contributed by atoms with Gasteiger partial charge in [0.25, 0.3) is 5.91 Å². The summed E-state index contributed by atoms with van der Waals surface area (Å²) in [6, 6.07) is 22.7. The summed E-state index contributed by atoms with van der Waals surface area (Å²) in [5.74, 6) is 0.371. The molecule has 1 amide bonds. The molecule has 11 heteroatoms. The third-order valence-corrected chi connectivity index (χ3v) is 8.41. The number of anilines is 1. The molecule has 214 valence electrons. The monoisotopic (exact) mass is 582 g/mol. The van der Waals surface area contributed by atoms with E-state index >= 15 is 0 Å². The highest BCUT2D eigenvalue weighted by Crippen LogP contribution is 2.43. The van der Waals surface area contributed by atoms with E-state index in [4.69, 9.17) is 9.47 Å². The van der Waals surface area contributed by atoms with Gasteiger partial charge in [-0.05, 0) is 35.4 Å². The number of hydrogen-bond donors (Lipinski definition) is 2. The summed E-state index contributed by atoms with van der Waals surface area (Å²) in [7, 11) is 1.91. The van der Waals surface area contributed by atoms with Crippen molar-refractivity contribution in [2.45, 2.75) is 37.2 Å². The molecule has 3 heterocycles. The summed E-state index contributed by atoms with van der Waals surface area (Å²) >= 11 is 1.59. The number of carbonyl (C=O) groups is 1. The first kappa shape index (κ1) is 28.0. The van der Waals surface area contributed by atoms with Crippen molar-refractivity contribution < 1.29 is 19.4 Å². The number of thioether (sulfide) groups is 1. The fourth-order valence-electron chi connectivity index (χ4n) is 4.86. The lowest BCUT2D eigenvalue weighted by atomic mass is 9.91. The summed E-state index contributed by atoms with van der Waals surface area (Å²) in [6.07, 6.45) is 2.16. The predicted molar refractivity (Wildman–Crippen MR) is 159 cm³/mol. The SMILES string of the molecule is C[C@@H]1[C@H](CSc2nncn2C)O[C@H](c2ccc(NC(=O)c3cnc4ccccc4n3)cc2)O[C@@H]1c1ccc(CO)cc1. The molecule has 6 rings (SSSR count). The lowest BCUT2D eigenvalue weighted by molar-refractivity contribution is -0.268. The van der Waals surface area contributed by atoms with E-state index in [9.17, 15) is 9.90 Å². The van der Waals surface area contributed by atoms with Crippen molar-refractivity contribution in [3.8, 4) is 0 Å². The molecule has 1 saturated heterocycles. The Kier molecular flexibility index (Phi) is 8.24. The number of aliphatic hydroxyl groups excluding tert-OH is 1. The van der Waals surface area contributed by atoms with Gasteiger partial charge in [0.05, 0.1) is 36.0 Å². The summed E-state index contributed by atoms with van der Waals surface area (Å²) in [4.78, 5) is 21.6. The smallest absolute Gasteiger partial charge is 0.275 e. The largest absolute Gasteiger partial charge is 0.392 e. The van der Waals surface area contributed by atoms with Gasteiger partial charge in [0, 0.05) is 30.0 Å². The zero-order valence-corrected chi connectivity index (χ0v) is 23.9. The van der Waals surface area contributed by atoms with Gasteiger partial charge in [-0.25, -0.2) is 4.98 Å². The molecule has 0 saturated carbocycles. The maximum atomic E-state index is 12.9. The lowest BCUT2D eigenvalue weighted by Gasteiger charge is -2.41. The number of aryl methyl sites for hydroxylation is 1. The number of fused-ring (bicyclic) bond motifs is 1. The molecule has 3 aromatic carbocycles. The van der Waals surface area contributed by atoms with Crippen LogP contribution in [0.5, 0.6) is 0 Å². The number of ether oxygens (including phenoxy) is 2. The predicted octanol–water partition coefficient (Wildman–Crippen LogP) is 5.09. The fourth-order valence-corrected chi connectivity index (χ4v) is 5.91. The molecular formula is C31H30N6O4S. The molecular weight excluding hydrogens is 552 g/mol. The highest BCUT2D eigenvalue weighted by molar-refractivity contribution is 7.99. The van der Waals surface area contributed by atoms with Crippen molar-refractivity contribution in [3.63, 3.8) is 0 Å². The van der Waals surface area contributed by atoms with Gasteiger partial charge in [0.2, 0.25) is 0 Å². The number of amides is 1.